The maximum atomic E-state index is 12.8. The number of guanidine groups is 1. The van der Waals surface area contributed by atoms with Crippen molar-refractivity contribution in [1.82, 2.24) is 15.5 Å². The number of likely N-dealkylation sites (tertiary alicyclic amines) is 1. The number of benzene rings is 1. The Bertz CT molecular complexity index is 898. The Balaban J connectivity index is 0.00000306. The molecule has 7 nitrogen and oxygen atoms in total. The van der Waals surface area contributed by atoms with Crippen molar-refractivity contribution in [2.24, 2.45) is 28.7 Å². The van der Waals surface area contributed by atoms with Gasteiger partial charge in [-0.25, -0.2) is 0 Å². The first-order valence-electron chi connectivity index (χ1n) is 11.6. The molecule has 8 heteroatoms. The molecule has 1 aliphatic heterocycles. The van der Waals surface area contributed by atoms with Crippen LogP contribution in [0.4, 0.5) is 0 Å². The summed E-state index contributed by atoms with van der Waals surface area (Å²) in [4.78, 5) is 31.9. The predicted molar refractivity (Wildman–Crippen MR) is 140 cm³/mol. The molecule has 1 aromatic rings. The third kappa shape index (κ3) is 5.05. The molecule has 0 radical (unpaired) electrons. The smallest absolute Gasteiger partial charge is 0.233 e. The Labute approximate surface area is 213 Å². The van der Waals surface area contributed by atoms with Crippen LogP contribution in [0.5, 0.6) is 5.75 Å². The van der Waals surface area contributed by atoms with E-state index < -0.39 is 0 Å². The van der Waals surface area contributed by atoms with E-state index in [1.54, 1.807) is 7.11 Å². The molecule has 1 aromatic carbocycles. The standard InChI is InChI=1S/C25H34N4O3.HI/c1-5-26-24(28-15-25(2,3)18-8-10-19(32-4)11-9-18)27-12-13-29-22(30)20-16-6-7-17(14-16)21(20)23(29)31;/h6-11,16-17,20-21H,5,12-15H2,1-4H3,(H2,26,27,28);1H. The first kappa shape index (κ1) is 25.5. The van der Waals surface area contributed by atoms with Crippen LogP contribution < -0.4 is 15.4 Å². The normalized spacial score (nSPS) is 25.8. The molecule has 180 valence electrons. The zero-order valence-corrected chi connectivity index (χ0v) is 22.2. The molecule has 1 saturated carbocycles. The molecule has 1 heterocycles. The zero-order chi connectivity index (χ0) is 22.9. The van der Waals surface area contributed by atoms with Crippen LogP contribution in [-0.2, 0) is 15.0 Å². The van der Waals surface area contributed by atoms with Crippen molar-refractivity contribution < 1.29 is 14.3 Å². The van der Waals surface area contributed by atoms with E-state index in [4.69, 9.17) is 9.73 Å². The number of methoxy groups -OCH3 is 1. The molecule has 0 aromatic heterocycles. The van der Waals surface area contributed by atoms with E-state index in [9.17, 15) is 9.59 Å². The average Bonchev–Trinajstić information content (AvgIpc) is 3.47. The highest BCUT2D eigenvalue weighted by molar-refractivity contribution is 14.0. The van der Waals surface area contributed by atoms with Gasteiger partial charge in [-0.15, -0.1) is 24.0 Å². The lowest BCUT2D eigenvalue weighted by Crippen LogP contribution is -2.44. The van der Waals surface area contributed by atoms with Crippen molar-refractivity contribution >= 4 is 41.8 Å². The molecule has 2 aliphatic carbocycles. The van der Waals surface area contributed by atoms with Crippen LogP contribution in [0.15, 0.2) is 41.4 Å². The third-order valence-corrected chi connectivity index (χ3v) is 7.04. The van der Waals surface area contributed by atoms with Crippen LogP contribution in [0.1, 0.15) is 32.8 Å². The Morgan fingerprint density at radius 3 is 2.24 bits per heavy atom. The Hall–Kier alpha value is -2.10. The van der Waals surface area contributed by atoms with E-state index in [0.717, 1.165) is 18.7 Å². The fraction of sp³-hybridized carbons (Fsp3) is 0.560. The number of halogens is 1. The summed E-state index contributed by atoms with van der Waals surface area (Å²) in [5.41, 5.74) is 1.03. The molecule has 4 atom stereocenters. The molecule has 1 saturated heterocycles. The highest BCUT2D eigenvalue weighted by Gasteiger charge is 2.58. The summed E-state index contributed by atoms with van der Waals surface area (Å²) in [6, 6.07) is 8.06. The number of hydrogen-bond acceptors (Lipinski definition) is 4. The number of nitrogens with one attached hydrogen (secondary N) is 2. The van der Waals surface area contributed by atoms with Gasteiger partial charge in [0, 0.05) is 25.0 Å². The van der Waals surface area contributed by atoms with Gasteiger partial charge in [-0.05, 0) is 42.9 Å². The second-order valence-electron chi connectivity index (χ2n) is 9.56. The summed E-state index contributed by atoms with van der Waals surface area (Å²) < 4.78 is 5.25. The van der Waals surface area contributed by atoms with Crippen LogP contribution >= 0.6 is 24.0 Å². The van der Waals surface area contributed by atoms with Gasteiger partial charge in [0.25, 0.3) is 0 Å². The van der Waals surface area contributed by atoms with Gasteiger partial charge >= 0.3 is 0 Å². The number of nitrogens with zero attached hydrogens (tertiary/aromatic N) is 2. The average molecular weight is 566 g/mol. The fourth-order valence-electron chi connectivity index (χ4n) is 5.22. The second kappa shape index (κ2) is 10.4. The van der Waals surface area contributed by atoms with Gasteiger partial charge in [-0.3, -0.25) is 19.5 Å². The lowest BCUT2D eigenvalue weighted by atomic mass is 9.85. The van der Waals surface area contributed by atoms with Gasteiger partial charge < -0.3 is 15.4 Å². The topological polar surface area (TPSA) is 83.0 Å². The zero-order valence-electron chi connectivity index (χ0n) is 19.8. The first-order valence-corrected chi connectivity index (χ1v) is 11.6. The quantitative estimate of drug-likeness (QED) is 0.166. The van der Waals surface area contributed by atoms with Gasteiger partial charge in [0.2, 0.25) is 11.8 Å². The number of carbonyl (C=O) groups excluding carboxylic acids is 2. The highest BCUT2D eigenvalue weighted by atomic mass is 127. The number of rotatable bonds is 8. The largest absolute Gasteiger partial charge is 0.497 e. The summed E-state index contributed by atoms with van der Waals surface area (Å²) >= 11 is 0. The van der Waals surface area contributed by atoms with Crippen molar-refractivity contribution in [2.45, 2.75) is 32.6 Å². The number of aliphatic imine (C=N–C) groups is 1. The minimum Gasteiger partial charge on any atom is -0.497 e. The Morgan fingerprint density at radius 2 is 1.70 bits per heavy atom. The molecule has 0 spiro atoms. The SMILES string of the molecule is CCNC(=NCC(C)(C)c1ccc(OC)cc1)NCCN1C(=O)C2C3C=CC(C3)C2C1=O.I. The molecule has 3 aliphatic rings. The number of imide groups is 1. The van der Waals surface area contributed by atoms with Crippen LogP contribution in [-0.4, -0.2) is 56.0 Å². The molecule has 2 bridgehead atoms. The van der Waals surface area contributed by atoms with Crippen LogP contribution in [0, 0.1) is 23.7 Å². The predicted octanol–water partition coefficient (Wildman–Crippen LogP) is 2.95. The van der Waals surface area contributed by atoms with Crippen molar-refractivity contribution in [3.8, 4) is 5.75 Å². The van der Waals surface area contributed by atoms with E-state index in [1.165, 1.54) is 10.5 Å². The number of amides is 2. The maximum Gasteiger partial charge on any atom is 0.233 e. The summed E-state index contributed by atoms with van der Waals surface area (Å²) in [6.07, 6.45) is 5.21. The van der Waals surface area contributed by atoms with E-state index >= 15 is 0 Å². The monoisotopic (exact) mass is 566 g/mol. The second-order valence-corrected chi connectivity index (χ2v) is 9.56. The van der Waals surface area contributed by atoms with E-state index in [-0.39, 0.29) is 64.9 Å². The van der Waals surface area contributed by atoms with Crippen molar-refractivity contribution in [3.63, 3.8) is 0 Å². The lowest BCUT2D eigenvalue weighted by Gasteiger charge is -2.24. The van der Waals surface area contributed by atoms with Crippen LogP contribution in [0.3, 0.4) is 0 Å². The molecule has 2 N–H and O–H groups in total. The summed E-state index contributed by atoms with van der Waals surface area (Å²) in [5.74, 6) is 1.76. The van der Waals surface area contributed by atoms with Crippen LogP contribution in [0.2, 0.25) is 0 Å². The number of allylic oxidation sites excluding steroid dienone is 2. The summed E-state index contributed by atoms with van der Waals surface area (Å²) in [7, 11) is 1.66. The molecule has 2 amide bonds. The molecular weight excluding hydrogens is 531 g/mol. The van der Waals surface area contributed by atoms with E-state index in [0.29, 0.717) is 25.6 Å². The minimum atomic E-state index is -0.154. The third-order valence-electron chi connectivity index (χ3n) is 7.04. The van der Waals surface area contributed by atoms with Gasteiger partial charge in [-0.1, -0.05) is 38.1 Å². The van der Waals surface area contributed by atoms with E-state index in [1.807, 2.05) is 19.1 Å². The van der Waals surface area contributed by atoms with Gasteiger partial charge in [0.15, 0.2) is 5.96 Å². The highest BCUT2D eigenvalue weighted by Crippen LogP contribution is 2.52. The van der Waals surface area contributed by atoms with Gasteiger partial charge in [0.1, 0.15) is 5.75 Å². The molecule has 2 fully saturated rings. The molecule has 4 unspecified atom stereocenters. The van der Waals surface area contributed by atoms with Crippen molar-refractivity contribution in [1.29, 1.82) is 0 Å². The lowest BCUT2D eigenvalue weighted by molar-refractivity contribution is -0.140. The Morgan fingerprint density at radius 1 is 1.09 bits per heavy atom. The Kier molecular flexibility index (Phi) is 8.08. The molecule has 33 heavy (non-hydrogen) atoms. The number of fused-ring (bicyclic) bond motifs is 5. The number of ether oxygens (including phenoxy) is 1. The summed E-state index contributed by atoms with van der Waals surface area (Å²) in [5, 5.41) is 6.55. The maximum absolute atomic E-state index is 12.8. The van der Waals surface area contributed by atoms with Gasteiger partial charge in [0.05, 0.1) is 25.5 Å². The van der Waals surface area contributed by atoms with E-state index in [2.05, 4.69) is 48.8 Å². The van der Waals surface area contributed by atoms with Crippen molar-refractivity contribution in [3.05, 3.63) is 42.0 Å². The molecular formula is C25H35IN4O3. The fourth-order valence-corrected chi connectivity index (χ4v) is 5.22. The van der Waals surface area contributed by atoms with Crippen LogP contribution in [0.25, 0.3) is 0 Å². The minimum absolute atomic E-state index is 0. The summed E-state index contributed by atoms with van der Waals surface area (Å²) in [6.45, 7) is 8.51. The number of carbonyl (C=O) groups is 2. The molecule has 4 rings (SSSR count). The van der Waals surface area contributed by atoms with Gasteiger partial charge in [-0.2, -0.15) is 0 Å². The number of hydrogen-bond donors (Lipinski definition) is 2. The van der Waals surface area contributed by atoms with Crippen molar-refractivity contribution in [2.75, 3.05) is 33.3 Å². The first-order chi connectivity index (χ1) is 15.4.